The molecule has 2 aliphatic carbocycles. The number of carboxylic acids is 1. The van der Waals surface area contributed by atoms with Gasteiger partial charge in [-0.3, -0.25) is 9.59 Å². The van der Waals surface area contributed by atoms with Gasteiger partial charge in [0.1, 0.15) is 5.60 Å². The van der Waals surface area contributed by atoms with Gasteiger partial charge in [0.15, 0.2) is 0 Å². The first-order valence-corrected chi connectivity index (χ1v) is 6.75. The molecule has 1 aliphatic heterocycles. The smallest absolute Gasteiger partial charge is 0.307 e. The molecule has 3 rings (SSSR count). The predicted octanol–water partition coefficient (Wildman–Crippen LogP) is 0.471. The number of amides is 1. The van der Waals surface area contributed by atoms with Gasteiger partial charge in [-0.25, -0.2) is 0 Å². The van der Waals surface area contributed by atoms with Gasteiger partial charge in [-0.15, -0.1) is 0 Å². The fourth-order valence-electron chi connectivity index (χ4n) is 3.44. The maximum Gasteiger partial charge on any atom is 0.307 e. The van der Waals surface area contributed by atoms with Gasteiger partial charge in [-0.05, 0) is 31.6 Å². The van der Waals surface area contributed by atoms with Crippen LogP contribution in [0.1, 0.15) is 32.1 Å². The zero-order valence-corrected chi connectivity index (χ0v) is 10.3. The summed E-state index contributed by atoms with van der Waals surface area (Å²) in [7, 11) is 0. The summed E-state index contributed by atoms with van der Waals surface area (Å²) in [6, 6.07) is 0. The highest BCUT2D eigenvalue weighted by Gasteiger charge is 2.54. The van der Waals surface area contributed by atoms with E-state index in [0.29, 0.717) is 31.8 Å². The van der Waals surface area contributed by atoms with Crippen molar-refractivity contribution in [3.05, 3.63) is 0 Å². The Morgan fingerprint density at radius 3 is 2.22 bits per heavy atom. The number of carbonyl (C=O) groups is 2. The maximum atomic E-state index is 12.2. The lowest BCUT2D eigenvalue weighted by Crippen LogP contribution is -2.65. The van der Waals surface area contributed by atoms with E-state index in [1.165, 1.54) is 0 Å². The van der Waals surface area contributed by atoms with Crippen LogP contribution < -0.4 is 0 Å². The number of β-amino-alcohol motifs (C(OH)–C–C–N with tert-alkyl or cyclic N) is 1. The molecule has 1 heterocycles. The number of hydrogen-bond acceptors (Lipinski definition) is 3. The summed E-state index contributed by atoms with van der Waals surface area (Å²) >= 11 is 0. The van der Waals surface area contributed by atoms with Gasteiger partial charge in [-0.2, -0.15) is 0 Å². The number of hydrogen-bond donors (Lipinski definition) is 2. The van der Waals surface area contributed by atoms with E-state index >= 15 is 0 Å². The first kappa shape index (κ1) is 12.0. The Hall–Kier alpha value is -1.10. The van der Waals surface area contributed by atoms with Crippen LogP contribution in [0.5, 0.6) is 0 Å². The Bertz CT molecular complexity index is 384. The SMILES string of the molecule is O=C(O)[C@H]1CCC[C@H]1C(=O)N1CC(O)(C2CC2)C1. The molecule has 0 aromatic heterocycles. The Labute approximate surface area is 106 Å². The highest BCUT2D eigenvalue weighted by molar-refractivity contribution is 5.86. The van der Waals surface area contributed by atoms with E-state index in [1.54, 1.807) is 4.90 Å². The number of carbonyl (C=O) groups excluding carboxylic acids is 1. The van der Waals surface area contributed by atoms with Gasteiger partial charge < -0.3 is 15.1 Å². The average molecular weight is 253 g/mol. The minimum atomic E-state index is -0.858. The summed E-state index contributed by atoms with van der Waals surface area (Å²) in [6.45, 7) is 0.804. The molecule has 0 radical (unpaired) electrons. The fraction of sp³-hybridized carbons (Fsp3) is 0.846. The molecule has 5 nitrogen and oxygen atoms in total. The Kier molecular flexibility index (Phi) is 2.62. The molecule has 1 saturated heterocycles. The van der Waals surface area contributed by atoms with Gasteiger partial charge in [0.25, 0.3) is 0 Å². The largest absolute Gasteiger partial charge is 0.481 e. The van der Waals surface area contributed by atoms with E-state index in [4.69, 9.17) is 5.11 Å². The van der Waals surface area contributed by atoms with Crippen LogP contribution in [0.2, 0.25) is 0 Å². The third kappa shape index (κ3) is 1.81. The molecular formula is C13H19NO4. The van der Waals surface area contributed by atoms with Gasteiger partial charge in [0.05, 0.1) is 24.9 Å². The van der Waals surface area contributed by atoms with Crippen molar-refractivity contribution in [1.82, 2.24) is 4.90 Å². The Morgan fingerprint density at radius 1 is 1.06 bits per heavy atom. The predicted molar refractivity (Wildman–Crippen MR) is 62.7 cm³/mol. The minimum absolute atomic E-state index is 0.0646. The average Bonchev–Trinajstić information content (AvgIpc) is 3.01. The van der Waals surface area contributed by atoms with Crippen LogP contribution >= 0.6 is 0 Å². The third-order valence-corrected chi connectivity index (χ3v) is 4.73. The highest BCUT2D eigenvalue weighted by Crippen LogP contribution is 2.45. The molecule has 3 fully saturated rings. The minimum Gasteiger partial charge on any atom is -0.481 e. The van der Waals surface area contributed by atoms with Crippen LogP contribution in [0.25, 0.3) is 0 Å². The lowest BCUT2D eigenvalue weighted by molar-refractivity contribution is -0.167. The summed E-state index contributed by atoms with van der Waals surface area (Å²) in [5, 5.41) is 19.3. The topological polar surface area (TPSA) is 77.8 Å². The van der Waals surface area contributed by atoms with Crippen LogP contribution in [-0.2, 0) is 9.59 Å². The fourth-order valence-corrected chi connectivity index (χ4v) is 3.44. The molecule has 0 spiro atoms. The van der Waals surface area contributed by atoms with Gasteiger partial charge in [-0.1, -0.05) is 6.42 Å². The molecule has 0 bridgehead atoms. The monoisotopic (exact) mass is 253 g/mol. The zero-order chi connectivity index (χ0) is 12.9. The van der Waals surface area contributed by atoms with Crippen molar-refractivity contribution >= 4 is 11.9 Å². The lowest BCUT2D eigenvalue weighted by Gasteiger charge is -2.48. The van der Waals surface area contributed by atoms with Crippen LogP contribution in [0.3, 0.4) is 0 Å². The molecule has 18 heavy (non-hydrogen) atoms. The Morgan fingerprint density at radius 2 is 1.67 bits per heavy atom. The molecule has 0 aromatic rings. The number of nitrogens with zero attached hydrogens (tertiary/aromatic N) is 1. The second-order valence-corrected chi connectivity index (χ2v) is 6.05. The summed E-state index contributed by atoms with van der Waals surface area (Å²) < 4.78 is 0. The lowest BCUT2D eigenvalue weighted by atomic mass is 9.85. The number of rotatable bonds is 3. The number of carboxylic acid groups (broad SMARTS) is 1. The van der Waals surface area contributed by atoms with E-state index < -0.39 is 17.5 Å². The maximum absolute atomic E-state index is 12.2. The molecule has 3 aliphatic rings. The zero-order valence-electron chi connectivity index (χ0n) is 10.3. The van der Waals surface area contributed by atoms with Crippen LogP contribution in [0.15, 0.2) is 0 Å². The number of aliphatic hydroxyl groups is 1. The molecule has 2 saturated carbocycles. The van der Waals surface area contributed by atoms with Crippen molar-refractivity contribution in [2.75, 3.05) is 13.1 Å². The van der Waals surface area contributed by atoms with Gasteiger partial charge in [0, 0.05) is 0 Å². The molecule has 5 heteroatoms. The van der Waals surface area contributed by atoms with E-state index in [0.717, 1.165) is 19.3 Å². The second-order valence-electron chi connectivity index (χ2n) is 6.05. The number of aliphatic carboxylic acids is 1. The van der Waals surface area contributed by atoms with Gasteiger partial charge in [0.2, 0.25) is 5.91 Å². The summed E-state index contributed by atoms with van der Waals surface area (Å²) in [5.74, 6) is -1.45. The van der Waals surface area contributed by atoms with Crippen molar-refractivity contribution in [3.8, 4) is 0 Å². The molecule has 2 N–H and O–H groups in total. The molecule has 100 valence electrons. The van der Waals surface area contributed by atoms with Crippen LogP contribution in [0.4, 0.5) is 0 Å². The van der Waals surface area contributed by atoms with E-state index in [9.17, 15) is 14.7 Å². The standard InChI is InChI=1S/C13H19NO4/c15-11(9-2-1-3-10(9)12(16)17)14-6-13(18,7-14)8-4-5-8/h8-10,18H,1-7H2,(H,16,17)/t9-,10+/m1/s1. The summed E-state index contributed by atoms with van der Waals surface area (Å²) in [6.07, 6.45) is 4.20. The van der Waals surface area contributed by atoms with E-state index in [2.05, 4.69) is 0 Å². The van der Waals surface area contributed by atoms with Crippen molar-refractivity contribution in [3.63, 3.8) is 0 Å². The molecule has 0 unspecified atom stereocenters. The quantitative estimate of drug-likeness (QED) is 0.766. The first-order chi connectivity index (χ1) is 8.51. The molecule has 1 amide bonds. The third-order valence-electron chi connectivity index (χ3n) is 4.73. The summed E-state index contributed by atoms with van der Waals surface area (Å²) in [4.78, 5) is 24.9. The molecule has 2 atom stereocenters. The normalized spacial score (nSPS) is 34.2. The highest BCUT2D eigenvalue weighted by atomic mass is 16.4. The van der Waals surface area contributed by atoms with Crippen molar-refractivity contribution < 1.29 is 19.8 Å². The first-order valence-electron chi connectivity index (χ1n) is 6.75. The van der Waals surface area contributed by atoms with Gasteiger partial charge >= 0.3 is 5.97 Å². The van der Waals surface area contributed by atoms with Crippen LogP contribution in [0, 0.1) is 17.8 Å². The van der Waals surface area contributed by atoms with E-state index in [1.807, 2.05) is 0 Å². The molecular weight excluding hydrogens is 234 g/mol. The molecule has 0 aromatic carbocycles. The Balaban J connectivity index is 1.60. The van der Waals surface area contributed by atoms with Crippen molar-refractivity contribution in [1.29, 1.82) is 0 Å². The van der Waals surface area contributed by atoms with E-state index in [-0.39, 0.29) is 11.8 Å². The second kappa shape index (κ2) is 3.95. The number of likely N-dealkylation sites (tertiary alicyclic amines) is 1. The van der Waals surface area contributed by atoms with Crippen LogP contribution in [-0.4, -0.2) is 45.7 Å². The van der Waals surface area contributed by atoms with Crippen molar-refractivity contribution in [2.24, 2.45) is 17.8 Å². The summed E-state index contributed by atoms with van der Waals surface area (Å²) in [5.41, 5.74) is -0.674. The van der Waals surface area contributed by atoms with Crippen molar-refractivity contribution in [2.45, 2.75) is 37.7 Å².